The average molecular weight is 232 g/mol. The summed E-state index contributed by atoms with van der Waals surface area (Å²) in [6.45, 7) is 3.93. The molecule has 15 heavy (non-hydrogen) atoms. The van der Waals surface area contributed by atoms with E-state index in [9.17, 15) is 4.79 Å². The van der Waals surface area contributed by atoms with E-state index in [4.69, 9.17) is 5.11 Å². The number of hydrogen-bond acceptors (Lipinski definition) is 2. The SMILES string of the molecule is CCC(C)CC(=O)O.Cl.c1ccncc1. The minimum Gasteiger partial charge on any atom is -0.481 e. The van der Waals surface area contributed by atoms with Crippen LogP contribution in [0.15, 0.2) is 30.6 Å². The first-order chi connectivity index (χ1) is 6.66. The zero-order valence-electron chi connectivity index (χ0n) is 9.09. The molecule has 1 unspecified atom stereocenters. The van der Waals surface area contributed by atoms with Crippen molar-refractivity contribution < 1.29 is 9.90 Å². The highest BCUT2D eigenvalue weighted by atomic mass is 35.5. The van der Waals surface area contributed by atoms with Gasteiger partial charge in [-0.3, -0.25) is 9.78 Å². The molecule has 1 aromatic heterocycles. The second kappa shape index (κ2) is 11.0. The highest BCUT2D eigenvalue weighted by Gasteiger charge is 2.02. The van der Waals surface area contributed by atoms with Crippen LogP contribution in [0.3, 0.4) is 0 Å². The van der Waals surface area contributed by atoms with Gasteiger partial charge < -0.3 is 5.11 Å². The second-order valence-electron chi connectivity index (χ2n) is 3.14. The Morgan fingerprint density at radius 2 is 1.87 bits per heavy atom. The number of aromatic nitrogens is 1. The van der Waals surface area contributed by atoms with Gasteiger partial charge >= 0.3 is 5.97 Å². The smallest absolute Gasteiger partial charge is 0.303 e. The minimum atomic E-state index is -0.695. The lowest BCUT2D eigenvalue weighted by molar-refractivity contribution is -0.137. The molecule has 0 aliphatic carbocycles. The Hall–Kier alpha value is -1.09. The number of halogens is 1. The summed E-state index contributed by atoms with van der Waals surface area (Å²) in [5, 5.41) is 8.22. The van der Waals surface area contributed by atoms with Gasteiger partial charge in [-0.25, -0.2) is 0 Å². The third kappa shape index (κ3) is 12.9. The largest absolute Gasteiger partial charge is 0.481 e. The standard InChI is InChI=1S/C6H12O2.C5H5N.ClH/c1-3-5(2)4-6(7)8;1-2-4-6-5-3-1;/h5H,3-4H2,1-2H3,(H,7,8);1-5H;1H. The molecule has 1 N–H and O–H groups in total. The van der Waals surface area contributed by atoms with Crippen molar-refractivity contribution in [1.82, 2.24) is 4.98 Å². The summed E-state index contributed by atoms with van der Waals surface area (Å²) in [5.41, 5.74) is 0. The average Bonchev–Trinajstić information content (AvgIpc) is 2.20. The van der Waals surface area contributed by atoms with Crippen molar-refractivity contribution in [1.29, 1.82) is 0 Å². The minimum absolute atomic E-state index is 0. The van der Waals surface area contributed by atoms with Crippen molar-refractivity contribution in [3.05, 3.63) is 30.6 Å². The van der Waals surface area contributed by atoms with Crippen molar-refractivity contribution in [3.63, 3.8) is 0 Å². The first-order valence-electron chi connectivity index (χ1n) is 4.73. The van der Waals surface area contributed by atoms with Crippen molar-refractivity contribution >= 4 is 18.4 Å². The first kappa shape index (κ1) is 16.3. The van der Waals surface area contributed by atoms with Crippen LogP contribution >= 0.6 is 12.4 Å². The molecule has 1 aromatic rings. The summed E-state index contributed by atoms with van der Waals surface area (Å²) in [5.74, 6) is -0.369. The monoisotopic (exact) mass is 231 g/mol. The van der Waals surface area contributed by atoms with Gasteiger partial charge in [-0.05, 0) is 18.1 Å². The first-order valence-corrected chi connectivity index (χ1v) is 4.73. The van der Waals surface area contributed by atoms with E-state index < -0.39 is 5.97 Å². The molecular weight excluding hydrogens is 214 g/mol. The van der Waals surface area contributed by atoms with Crippen LogP contribution in [0.4, 0.5) is 0 Å². The van der Waals surface area contributed by atoms with Crippen molar-refractivity contribution in [2.75, 3.05) is 0 Å². The van der Waals surface area contributed by atoms with Gasteiger partial charge in [-0.2, -0.15) is 0 Å². The van der Waals surface area contributed by atoms with Crippen LogP contribution in [0.25, 0.3) is 0 Å². The number of pyridine rings is 1. The lowest BCUT2D eigenvalue weighted by atomic mass is 10.1. The van der Waals surface area contributed by atoms with Gasteiger partial charge in [0.25, 0.3) is 0 Å². The summed E-state index contributed by atoms with van der Waals surface area (Å²) >= 11 is 0. The van der Waals surface area contributed by atoms with Crippen LogP contribution in [-0.2, 0) is 4.79 Å². The second-order valence-corrected chi connectivity index (χ2v) is 3.14. The van der Waals surface area contributed by atoms with Crippen LogP contribution in [0.2, 0.25) is 0 Å². The Bertz CT molecular complexity index is 215. The topological polar surface area (TPSA) is 50.2 Å². The van der Waals surface area contributed by atoms with Crippen molar-refractivity contribution in [2.45, 2.75) is 26.7 Å². The van der Waals surface area contributed by atoms with Crippen LogP contribution in [0.5, 0.6) is 0 Å². The molecule has 0 amide bonds. The van der Waals surface area contributed by atoms with Gasteiger partial charge in [0, 0.05) is 18.8 Å². The van der Waals surface area contributed by atoms with E-state index in [0.29, 0.717) is 12.3 Å². The normalized spacial score (nSPS) is 10.3. The van der Waals surface area contributed by atoms with E-state index in [1.807, 2.05) is 32.0 Å². The third-order valence-electron chi connectivity index (χ3n) is 1.79. The Morgan fingerprint density at radius 3 is 2.00 bits per heavy atom. The lowest BCUT2D eigenvalue weighted by Gasteiger charge is -2.00. The van der Waals surface area contributed by atoms with E-state index in [1.165, 1.54) is 0 Å². The molecule has 0 aromatic carbocycles. The van der Waals surface area contributed by atoms with Gasteiger partial charge in [0.2, 0.25) is 0 Å². The molecule has 1 heterocycles. The zero-order valence-corrected chi connectivity index (χ0v) is 9.91. The number of carboxylic acids is 1. The third-order valence-corrected chi connectivity index (χ3v) is 1.79. The molecule has 0 radical (unpaired) electrons. The fraction of sp³-hybridized carbons (Fsp3) is 0.455. The summed E-state index contributed by atoms with van der Waals surface area (Å²) in [4.78, 5) is 13.8. The van der Waals surface area contributed by atoms with Crippen LogP contribution in [0, 0.1) is 5.92 Å². The summed E-state index contributed by atoms with van der Waals surface area (Å²) in [7, 11) is 0. The van der Waals surface area contributed by atoms with Crippen LogP contribution in [0.1, 0.15) is 26.7 Å². The fourth-order valence-corrected chi connectivity index (χ4v) is 0.755. The predicted octanol–water partition coefficient (Wildman–Crippen LogP) is 3.01. The van der Waals surface area contributed by atoms with Crippen LogP contribution in [-0.4, -0.2) is 16.1 Å². The maximum atomic E-state index is 9.97. The van der Waals surface area contributed by atoms with Gasteiger partial charge in [-0.1, -0.05) is 26.3 Å². The van der Waals surface area contributed by atoms with E-state index in [-0.39, 0.29) is 12.4 Å². The summed E-state index contributed by atoms with van der Waals surface area (Å²) in [6, 6.07) is 5.72. The Morgan fingerprint density at radius 1 is 1.33 bits per heavy atom. The number of carboxylic acid groups (broad SMARTS) is 1. The predicted molar refractivity (Wildman–Crippen MR) is 63.2 cm³/mol. The molecule has 1 rings (SSSR count). The van der Waals surface area contributed by atoms with Crippen molar-refractivity contribution in [3.8, 4) is 0 Å². The number of rotatable bonds is 3. The van der Waals surface area contributed by atoms with Gasteiger partial charge in [0.1, 0.15) is 0 Å². The Balaban J connectivity index is 0. The number of aliphatic carboxylic acids is 1. The summed E-state index contributed by atoms with van der Waals surface area (Å²) in [6.07, 6.45) is 4.75. The van der Waals surface area contributed by atoms with E-state index >= 15 is 0 Å². The molecule has 86 valence electrons. The highest BCUT2D eigenvalue weighted by molar-refractivity contribution is 5.85. The summed E-state index contributed by atoms with van der Waals surface area (Å²) < 4.78 is 0. The maximum absolute atomic E-state index is 9.97. The molecule has 0 aliphatic rings. The Labute approximate surface area is 97.0 Å². The number of hydrogen-bond donors (Lipinski definition) is 1. The molecule has 1 atom stereocenters. The van der Waals surface area contributed by atoms with E-state index in [0.717, 1.165) is 6.42 Å². The molecular formula is C11H18ClNO2. The number of nitrogens with zero attached hydrogens (tertiary/aromatic N) is 1. The molecule has 4 heteroatoms. The molecule has 0 fully saturated rings. The van der Waals surface area contributed by atoms with Gasteiger partial charge in [0.05, 0.1) is 0 Å². The quantitative estimate of drug-likeness (QED) is 0.870. The molecule has 0 saturated carbocycles. The van der Waals surface area contributed by atoms with Gasteiger partial charge in [0.15, 0.2) is 0 Å². The Kier molecular flexibility index (Phi) is 12.0. The van der Waals surface area contributed by atoms with E-state index in [1.54, 1.807) is 12.4 Å². The van der Waals surface area contributed by atoms with E-state index in [2.05, 4.69) is 4.98 Å². The lowest BCUT2D eigenvalue weighted by Crippen LogP contribution is -2.02. The zero-order chi connectivity index (χ0) is 10.8. The van der Waals surface area contributed by atoms with Crippen molar-refractivity contribution in [2.24, 2.45) is 5.92 Å². The molecule has 0 aliphatic heterocycles. The number of carbonyl (C=O) groups is 1. The van der Waals surface area contributed by atoms with Gasteiger partial charge in [-0.15, -0.1) is 12.4 Å². The maximum Gasteiger partial charge on any atom is 0.303 e. The molecule has 3 nitrogen and oxygen atoms in total. The molecule has 0 saturated heterocycles. The molecule has 0 bridgehead atoms. The van der Waals surface area contributed by atoms with Crippen LogP contribution < -0.4 is 0 Å². The highest BCUT2D eigenvalue weighted by Crippen LogP contribution is 2.04. The fourth-order valence-electron chi connectivity index (χ4n) is 0.755. The molecule has 0 spiro atoms.